The molecule has 0 aliphatic rings. The number of carbonyl (C=O) groups is 1. The highest BCUT2D eigenvalue weighted by Gasteiger charge is 2.23. The van der Waals surface area contributed by atoms with Gasteiger partial charge in [-0.3, -0.25) is 0 Å². The van der Waals surface area contributed by atoms with E-state index < -0.39 is 12.0 Å². The average Bonchev–Trinajstić information content (AvgIpc) is 2.65. The molecule has 0 spiro atoms. The zero-order chi connectivity index (χ0) is 21.5. The zero-order valence-electron chi connectivity index (χ0n) is 17.0. The molecule has 0 unspecified atom stereocenters. The quantitative estimate of drug-likeness (QED) is 0.116. The summed E-state index contributed by atoms with van der Waals surface area (Å²) in [5, 5.41) is 8.80. The van der Waals surface area contributed by atoms with Crippen LogP contribution >= 0.6 is 33.2 Å². The largest absolute Gasteiger partial charge is 0.490 e. The predicted molar refractivity (Wildman–Crippen MR) is 125 cm³/mol. The number of unbranched alkanes of at least 4 members (excludes halogenated alkanes) is 6. The third-order valence-corrected chi connectivity index (χ3v) is 6.88. The summed E-state index contributed by atoms with van der Waals surface area (Å²) in [4.78, 5) is 10.7. The van der Waals surface area contributed by atoms with E-state index >= 15 is 0 Å². The monoisotopic (exact) mass is 480 g/mol. The van der Waals surface area contributed by atoms with Gasteiger partial charge in [-0.2, -0.15) is 0 Å². The van der Waals surface area contributed by atoms with Crippen LogP contribution in [0.25, 0.3) is 6.08 Å². The van der Waals surface area contributed by atoms with Gasteiger partial charge in [-0.15, -0.1) is 33.2 Å². The summed E-state index contributed by atoms with van der Waals surface area (Å²) in [6.45, 7) is 3.34. The van der Waals surface area contributed by atoms with Crippen LogP contribution in [-0.4, -0.2) is 30.3 Å². The van der Waals surface area contributed by atoms with Gasteiger partial charge in [0.1, 0.15) is 0 Å². The Balaban J connectivity index is 2.42. The van der Waals surface area contributed by atoms with E-state index in [1.807, 2.05) is 18.2 Å². The van der Waals surface area contributed by atoms with E-state index in [-0.39, 0.29) is 0 Å². The van der Waals surface area contributed by atoms with Gasteiger partial charge >= 0.3 is 12.0 Å². The second kappa shape index (κ2) is 15.0. The second-order valence-electron chi connectivity index (χ2n) is 6.91. The Morgan fingerprint density at radius 2 is 1.59 bits per heavy atom. The van der Waals surface area contributed by atoms with Crippen molar-refractivity contribution in [2.75, 3.05) is 13.2 Å². The Morgan fingerprint density at radius 3 is 2.24 bits per heavy atom. The van der Waals surface area contributed by atoms with Crippen molar-refractivity contribution in [3.8, 4) is 11.5 Å². The van der Waals surface area contributed by atoms with Crippen LogP contribution in [0.2, 0.25) is 6.04 Å². The lowest BCUT2D eigenvalue weighted by Gasteiger charge is -2.13. The minimum absolute atomic E-state index is 0.595. The smallest absolute Gasteiger partial charge is 0.341 e. The maximum Gasteiger partial charge on any atom is 0.341 e. The van der Waals surface area contributed by atoms with Crippen molar-refractivity contribution in [3.63, 3.8) is 0 Å². The minimum Gasteiger partial charge on any atom is -0.490 e. The highest BCUT2D eigenvalue weighted by Crippen LogP contribution is 2.30. The summed E-state index contributed by atoms with van der Waals surface area (Å²) in [6.07, 6.45) is 11.1. The first kappa shape index (κ1) is 26.2. The van der Waals surface area contributed by atoms with E-state index in [2.05, 4.69) is 6.92 Å². The summed E-state index contributed by atoms with van der Waals surface area (Å²) in [7, 11) is 0. The number of ether oxygens (including phenoxy) is 2. The number of aliphatic carboxylic acids is 1. The van der Waals surface area contributed by atoms with Crippen molar-refractivity contribution in [2.24, 2.45) is 0 Å². The molecule has 0 radical (unpaired) electrons. The van der Waals surface area contributed by atoms with E-state index in [0.29, 0.717) is 24.7 Å². The molecule has 29 heavy (non-hydrogen) atoms. The third-order valence-electron chi connectivity index (χ3n) is 4.25. The molecule has 1 rings (SSSR count). The molecule has 8 heteroatoms. The maximum absolute atomic E-state index is 10.7. The first-order valence-electron chi connectivity index (χ1n) is 10.2. The second-order valence-corrected chi connectivity index (χ2v) is 16.2. The molecule has 1 aromatic carbocycles. The standard InChI is InChI=1S/C21H31Cl3O4Si/c1-2-3-14-27-19-12-10-18(11-13-21(25)26)17-20(19)28-15-8-6-4-5-7-9-16-29(22,23)24/h10-13,17H,2-9,14-16H2,1H3,(H,25,26). The van der Waals surface area contributed by atoms with Crippen molar-refractivity contribution < 1.29 is 19.4 Å². The summed E-state index contributed by atoms with van der Waals surface area (Å²) in [5.74, 6) is 0.370. The Labute approximate surface area is 189 Å². The lowest BCUT2D eigenvalue weighted by atomic mass is 10.1. The summed E-state index contributed by atoms with van der Waals surface area (Å²) in [5.41, 5.74) is 0.766. The molecule has 0 heterocycles. The molecule has 0 saturated heterocycles. The fraction of sp³-hybridized carbons (Fsp3) is 0.571. The van der Waals surface area contributed by atoms with Gasteiger partial charge in [0.25, 0.3) is 0 Å². The topological polar surface area (TPSA) is 55.8 Å². The van der Waals surface area contributed by atoms with Crippen molar-refractivity contribution in [1.82, 2.24) is 0 Å². The Morgan fingerprint density at radius 1 is 0.966 bits per heavy atom. The zero-order valence-corrected chi connectivity index (χ0v) is 20.2. The van der Waals surface area contributed by atoms with Gasteiger partial charge in [-0.05, 0) is 42.7 Å². The molecule has 0 saturated carbocycles. The van der Waals surface area contributed by atoms with Gasteiger partial charge in [0.15, 0.2) is 11.5 Å². The van der Waals surface area contributed by atoms with Crippen LogP contribution in [0.5, 0.6) is 11.5 Å². The number of carboxylic acid groups (broad SMARTS) is 1. The first-order chi connectivity index (χ1) is 13.8. The molecule has 1 aromatic rings. The first-order valence-corrected chi connectivity index (χ1v) is 15.4. The SMILES string of the molecule is CCCCOc1ccc(C=CC(=O)O)cc1OCCCCCCCC[Si](Cl)(Cl)Cl. The van der Waals surface area contributed by atoms with Gasteiger partial charge in [-0.1, -0.05) is 51.5 Å². The lowest BCUT2D eigenvalue weighted by Crippen LogP contribution is -2.07. The number of halogens is 3. The molecule has 164 valence electrons. The fourth-order valence-electron chi connectivity index (χ4n) is 2.67. The van der Waals surface area contributed by atoms with Crippen LogP contribution in [0, 0.1) is 0 Å². The number of carboxylic acids is 1. The van der Waals surface area contributed by atoms with E-state index in [9.17, 15) is 4.79 Å². The third kappa shape index (κ3) is 13.9. The van der Waals surface area contributed by atoms with Crippen LogP contribution in [-0.2, 0) is 4.79 Å². The Kier molecular flexibility index (Phi) is 13.5. The van der Waals surface area contributed by atoms with Crippen LogP contribution in [0.4, 0.5) is 0 Å². The maximum atomic E-state index is 10.7. The highest BCUT2D eigenvalue weighted by molar-refractivity contribution is 7.64. The Hall–Kier alpha value is -0.883. The number of hydrogen-bond acceptors (Lipinski definition) is 3. The fourth-order valence-corrected chi connectivity index (χ4v) is 4.52. The molecule has 0 aliphatic carbocycles. The summed E-state index contributed by atoms with van der Waals surface area (Å²) in [6, 6.07) is 3.75. The number of hydrogen-bond donors (Lipinski definition) is 1. The van der Waals surface area contributed by atoms with Gasteiger partial charge in [0.2, 0.25) is 0 Å². The molecule has 0 amide bonds. The molecular weight excluding hydrogens is 451 g/mol. The van der Waals surface area contributed by atoms with Crippen LogP contribution in [0.3, 0.4) is 0 Å². The van der Waals surface area contributed by atoms with Gasteiger partial charge < -0.3 is 14.6 Å². The van der Waals surface area contributed by atoms with Gasteiger partial charge in [0, 0.05) is 6.08 Å². The van der Waals surface area contributed by atoms with Crippen molar-refractivity contribution in [2.45, 2.75) is 64.3 Å². The Bertz CT molecular complexity index is 633. The molecule has 0 atom stereocenters. The molecular formula is C21H31Cl3O4Si. The predicted octanol–water partition coefficient (Wildman–Crippen LogP) is 7.34. The summed E-state index contributed by atoms with van der Waals surface area (Å²) < 4.78 is 11.7. The lowest BCUT2D eigenvalue weighted by molar-refractivity contribution is -0.131. The van der Waals surface area contributed by atoms with Crippen molar-refractivity contribution in [1.29, 1.82) is 0 Å². The molecule has 0 fully saturated rings. The number of rotatable bonds is 16. The summed E-state index contributed by atoms with van der Waals surface area (Å²) >= 11 is 17.6. The normalized spacial score (nSPS) is 11.7. The minimum atomic E-state index is -2.46. The highest BCUT2D eigenvalue weighted by atomic mass is 35.8. The van der Waals surface area contributed by atoms with Crippen LogP contribution in [0.1, 0.15) is 63.9 Å². The van der Waals surface area contributed by atoms with Crippen molar-refractivity contribution in [3.05, 3.63) is 29.8 Å². The molecule has 0 bridgehead atoms. The van der Waals surface area contributed by atoms with Gasteiger partial charge in [-0.25, -0.2) is 4.79 Å². The van der Waals surface area contributed by atoms with Gasteiger partial charge in [0.05, 0.1) is 13.2 Å². The molecule has 1 N–H and O–H groups in total. The van der Waals surface area contributed by atoms with Crippen LogP contribution < -0.4 is 9.47 Å². The van der Waals surface area contributed by atoms with Crippen LogP contribution in [0.15, 0.2) is 24.3 Å². The number of benzene rings is 1. The molecule has 0 aromatic heterocycles. The van der Waals surface area contributed by atoms with E-state index in [1.54, 1.807) is 6.08 Å². The average molecular weight is 482 g/mol. The molecule has 4 nitrogen and oxygen atoms in total. The van der Waals surface area contributed by atoms with E-state index in [1.165, 1.54) is 0 Å². The van der Waals surface area contributed by atoms with E-state index in [0.717, 1.165) is 69.1 Å². The molecule has 0 aliphatic heterocycles. The van der Waals surface area contributed by atoms with E-state index in [4.69, 9.17) is 47.8 Å². The van der Waals surface area contributed by atoms with Crippen molar-refractivity contribution >= 4 is 51.3 Å².